The zero-order valence-corrected chi connectivity index (χ0v) is 13.3. The average molecular weight is 310 g/mol. The maximum atomic E-state index is 12.8. The topological polar surface area (TPSA) is 58.6 Å². The predicted molar refractivity (Wildman–Crippen MR) is 81.0 cm³/mol. The number of nitrogens with one attached hydrogen (secondary N) is 1. The normalized spacial score (nSPS) is 26.0. The molecule has 5 nitrogen and oxygen atoms in total. The zero-order chi connectivity index (χ0) is 15.0. The molecule has 2 aliphatic heterocycles. The molecule has 3 rings (SSSR count). The van der Waals surface area contributed by atoms with Crippen molar-refractivity contribution < 1.29 is 13.2 Å². The molecule has 0 aliphatic carbocycles. The highest BCUT2D eigenvalue weighted by molar-refractivity contribution is 7.89. The van der Waals surface area contributed by atoms with E-state index in [1.807, 2.05) is 13.8 Å². The minimum atomic E-state index is -3.38. The first-order valence-corrected chi connectivity index (χ1v) is 8.90. The third-order valence-electron chi connectivity index (χ3n) is 4.44. The van der Waals surface area contributed by atoms with Crippen molar-refractivity contribution in [2.45, 2.75) is 18.7 Å². The number of ether oxygens (including phenoxy) is 1. The van der Waals surface area contributed by atoms with Crippen molar-refractivity contribution in [2.24, 2.45) is 11.8 Å². The summed E-state index contributed by atoms with van der Waals surface area (Å²) >= 11 is 0. The lowest BCUT2D eigenvalue weighted by Crippen LogP contribution is -2.32. The van der Waals surface area contributed by atoms with Crippen molar-refractivity contribution in [3.8, 4) is 5.75 Å². The highest BCUT2D eigenvalue weighted by Crippen LogP contribution is 2.32. The van der Waals surface area contributed by atoms with Gasteiger partial charge in [-0.1, -0.05) is 0 Å². The predicted octanol–water partition coefficient (Wildman–Crippen LogP) is 1.23. The van der Waals surface area contributed by atoms with E-state index < -0.39 is 10.0 Å². The van der Waals surface area contributed by atoms with Gasteiger partial charge in [-0.2, -0.15) is 4.31 Å². The van der Waals surface area contributed by atoms with Crippen molar-refractivity contribution in [1.29, 1.82) is 0 Å². The van der Waals surface area contributed by atoms with Gasteiger partial charge in [-0.15, -0.1) is 0 Å². The first-order chi connectivity index (χ1) is 10.0. The Kier molecular flexibility index (Phi) is 3.94. The van der Waals surface area contributed by atoms with Gasteiger partial charge in [0.15, 0.2) is 0 Å². The quantitative estimate of drug-likeness (QED) is 0.909. The Morgan fingerprint density at radius 2 is 1.95 bits per heavy atom. The van der Waals surface area contributed by atoms with Gasteiger partial charge >= 0.3 is 0 Å². The van der Waals surface area contributed by atoms with Crippen LogP contribution in [0.15, 0.2) is 23.1 Å². The second kappa shape index (κ2) is 5.59. The second-order valence-electron chi connectivity index (χ2n) is 5.86. The highest BCUT2D eigenvalue weighted by Gasteiger charge is 2.41. The van der Waals surface area contributed by atoms with Gasteiger partial charge in [0.05, 0.1) is 11.5 Å². The van der Waals surface area contributed by atoms with E-state index in [4.69, 9.17) is 4.74 Å². The molecule has 2 fully saturated rings. The molecule has 2 atom stereocenters. The average Bonchev–Trinajstić information content (AvgIpc) is 3.02. The van der Waals surface area contributed by atoms with Crippen LogP contribution in [0.5, 0.6) is 5.75 Å². The molecule has 0 aromatic heterocycles. The Bertz CT molecular complexity index is 618. The van der Waals surface area contributed by atoms with Gasteiger partial charge < -0.3 is 10.1 Å². The lowest BCUT2D eigenvalue weighted by Gasteiger charge is -2.18. The van der Waals surface area contributed by atoms with Crippen molar-refractivity contribution in [2.75, 3.05) is 32.8 Å². The number of aryl methyl sites for hydroxylation is 1. The number of sulfonamides is 1. The van der Waals surface area contributed by atoms with Crippen molar-refractivity contribution in [1.82, 2.24) is 9.62 Å². The van der Waals surface area contributed by atoms with E-state index in [-0.39, 0.29) is 0 Å². The van der Waals surface area contributed by atoms with Gasteiger partial charge in [0.25, 0.3) is 0 Å². The van der Waals surface area contributed by atoms with Crippen LogP contribution in [0.4, 0.5) is 0 Å². The van der Waals surface area contributed by atoms with Crippen LogP contribution >= 0.6 is 0 Å². The molecule has 2 heterocycles. The summed E-state index contributed by atoms with van der Waals surface area (Å²) in [7, 11) is -3.38. The third kappa shape index (κ3) is 2.67. The third-order valence-corrected chi connectivity index (χ3v) is 6.27. The molecule has 1 N–H and O–H groups in total. The fourth-order valence-electron chi connectivity index (χ4n) is 3.26. The fourth-order valence-corrected chi connectivity index (χ4v) is 4.90. The van der Waals surface area contributed by atoms with E-state index >= 15 is 0 Å². The van der Waals surface area contributed by atoms with Gasteiger partial charge in [0.2, 0.25) is 10.0 Å². The molecular formula is C15H22N2O3S. The van der Waals surface area contributed by atoms with E-state index in [1.54, 1.807) is 22.5 Å². The zero-order valence-electron chi connectivity index (χ0n) is 12.5. The molecule has 0 saturated carbocycles. The van der Waals surface area contributed by atoms with E-state index in [1.165, 1.54) is 0 Å². The van der Waals surface area contributed by atoms with Gasteiger partial charge in [0.1, 0.15) is 5.75 Å². The lowest BCUT2D eigenvalue weighted by molar-refractivity contribution is 0.337. The maximum Gasteiger partial charge on any atom is 0.243 e. The Balaban J connectivity index is 1.83. The summed E-state index contributed by atoms with van der Waals surface area (Å²) in [5.74, 6) is 1.67. The Morgan fingerprint density at radius 1 is 1.29 bits per heavy atom. The largest absolute Gasteiger partial charge is 0.494 e. The molecule has 116 valence electrons. The molecule has 0 unspecified atom stereocenters. The molecule has 0 amide bonds. The van der Waals surface area contributed by atoms with Crippen LogP contribution in [0.25, 0.3) is 0 Å². The molecule has 0 bridgehead atoms. The van der Waals surface area contributed by atoms with Crippen LogP contribution in [0.1, 0.15) is 12.5 Å². The van der Waals surface area contributed by atoms with E-state index in [0.29, 0.717) is 36.4 Å². The smallest absolute Gasteiger partial charge is 0.243 e. The summed E-state index contributed by atoms with van der Waals surface area (Å²) in [6.45, 7) is 7.50. The molecule has 2 saturated heterocycles. The maximum absolute atomic E-state index is 12.8. The number of nitrogens with zero attached hydrogens (tertiary/aromatic N) is 1. The van der Waals surface area contributed by atoms with Crippen LogP contribution in [0.2, 0.25) is 0 Å². The van der Waals surface area contributed by atoms with Crippen LogP contribution in [-0.4, -0.2) is 45.5 Å². The Labute approximate surface area is 126 Å². The molecule has 0 spiro atoms. The fraction of sp³-hybridized carbons (Fsp3) is 0.600. The van der Waals surface area contributed by atoms with Crippen LogP contribution in [-0.2, 0) is 10.0 Å². The van der Waals surface area contributed by atoms with E-state index in [2.05, 4.69) is 5.32 Å². The Hall–Kier alpha value is -1.11. The monoisotopic (exact) mass is 310 g/mol. The molecule has 2 aliphatic rings. The van der Waals surface area contributed by atoms with Gasteiger partial charge in [-0.3, -0.25) is 0 Å². The van der Waals surface area contributed by atoms with Gasteiger partial charge in [0, 0.05) is 13.1 Å². The number of benzene rings is 1. The SMILES string of the molecule is CCOc1ccc(S(=O)(=O)N2C[C@H]3CNC[C@H]3C2)cc1C. The number of fused-ring (bicyclic) bond motifs is 1. The second-order valence-corrected chi connectivity index (χ2v) is 7.80. The van der Waals surface area contributed by atoms with Crippen molar-refractivity contribution in [3.63, 3.8) is 0 Å². The summed E-state index contributed by atoms with van der Waals surface area (Å²) in [5, 5.41) is 3.33. The summed E-state index contributed by atoms with van der Waals surface area (Å²) < 4.78 is 32.6. The van der Waals surface area contributed by atoms with Crippen molar-refractivity contribution >= 4 is 10.0 Å². The summed E-state index contributed by atoms with van der Waals surface area (Å²) in [6, 6.07) is 5.12. The van der Waals surface area contributed by atoms with E-state index in [0.717, 1.165) is 24.4 Å². The number of hydrogen-bond donors (Lipinski definition) is 1. The minimum absolute atomic E-state index is 0.372. The number of hydrogen-bond acceptors (Lipinski definition) is 4. The standard InChI is InChI=1S/C15H22N2O3S/c1-3-20-15-5-4-14(6-11(15)2)21(18,19)17-9-12-7-16-8-13(12)10-17/h4-6,12-13,16H,3,7-10H2,1-2H3/t12-,13+. The van der Waals surface area contributed by atoms with Crippen LogP contribution < -0.4 is 10.1 Å². The lowest BCUT2D eigenvalue weighted by atomic mass is 10.0. The molecule has 6 heteroatoms. The first kappa shape index (κ1) is 14.8. The molecule has 0 radical (unpaired) electrons. The van der Waals surface area contributed by atoms with Gasteiger partial charge in [-0.05, 0) is 62.5 Å². The minimum Gasteiger partial charge on any atom is -0.494 e. The van der Waals surface area contributed by atoms with Crippen molar-refractivity contribution in [3.05, 3.63) is 23.8 Å². The van der Waals surface area contributed by atoms with Crippen LogP contribution in [0, 0.1) is 18.8 Å². The molecule has 1 aromatic rings. The number of rotatable bonds is 4. The summed E-state index contributed by atoms with van der Waals surface area (Å²) in [4.78, 5) is 0.372. The summed E-state index contributed by atoms with van der Waals surface area (Å²) in [6.07, 6.45) is 0. The summed E-state index contributed by atoms with van der Waals surface area (Å²) in [5.41, 5.74) is 0.860. The van der Waals surface area contributed by atoms with Crippen LogP contribution in [0.3, 0.4) is 0 Å². The molecular weight excluding hydrogens is 288 g/mol. The van der Waals surface area contributed by atoms with E-state index in [9.17, 15) is 8.42 Å². The highest BCUT2D eigenvalue weighted by atomic mass is 32.2. The molecule has 21 heavy (non-hydrogen) atoms. The molecule has 1 aromatic carbocycles. The van der Waals surface area contributed by atoms with Gasteiger partial charge in [-0.25, -0.2) is 8.42 Å². The Morgan fingerprint density at radius 3 is 2.52 bits per heavy atom. The first-order valence-electron chi connectivity index (χ1n) is 7.46.